The number of aromatic nitrogens is 1. The highest BCUT2D eigenvalue weighted by atomic mass is 32.1. The molecule has 2 aromatic carbocycles. The van der Waals surface area contributed by atoms with Crippen molar-refractivity contribution in [1.29, 1.82) is 0 Å². The third kappa shape index (κ3) is 2.92. The molecule has 4 nitrogen and oxygen atoms in total. The molecule has 0 N–H and O–H groups in total. The van der Waals surface area contributed by atoms with E-state index in [4.69, 9.17) is 4.74 Å². The van der Waals surface area contributed by atoms with Crippen LogP contribution in [0.5, 0.6) is 5.75 Å². The minimum absolute atomic E-state index is 0.264. The summed E-state index contributed by atoms with van der Waals surface area (Å²) in [6.45, 7) is 4.18. The van der Waals surface area contributed by atoms with Gasteiger partial charge in [-0.3, -0.25) is 4.79 Å². The molecule has 0 fully saturated rings. The van der Waals surface area contributed by atoms with Crippen LogP contribution < -0.4 is 9.54 Å². The Hall–Kier alpha value is -2.40. The number of carbonyl (C=O) groups is 1. The second-order valence-electron chi connectivity index (χ2n) is 5.50. The number of methoxy groups -OCH3 is 1. The zero-order chi connectivity index (χ0) is 16.6. The lowest BCUT2D eigenvalue weighted by Crippen LogP contribution is -2.13. The van der Waals surface area contributed by atoms with Crippen LogP contribution in [0.3, 0.4) is 0 Å². The van der Waals surface area contributed by atoms with Gasteiger partial charge in [-0.05, 0) is 55.3 Å². The lowest BCUT2D eigenvalue weighted by atomic mass is 10.1. The number of hydrogen-bond donors (Lipinski definition) is 0. The number of fused-ring (bicyclic) bond motifs is 1. The number of aryl methyl sites for hydroxylation is 3. The highest BCUT2D eigenvalue weighted by Gasteiger charge is 2.09. The monoisotopic (exact) mass is 326 g/mol. The Morgan fingerprint density at radius 1 is 1.17 bits per heavy atom. The average Bonchev–Trinajstić information content (AvgIpc) is 2.84. The summed E-state index contributed by atoms with van der Waals surface area (Å²) < 4.78 is 8.25. The first-order valence-corrected chi connectivity index (χ1v) is 8.11. The largest absolute Gasteiger partial charge is 0.497 e. The number of benzene rings is 2. The first kappa shape index (κ1) is 15.5. The van der Waals surface area contributed by atoms with E-state index in [2.05, 4.69) is 31.0 Å². The summed E-state index contributed by atoms with van der Waals surface area (Å²) in [4.78, 5) is 17.4. The number of ether oxygens (including phenoxy) is 1. The third-order valence-corrected chi connectivity index (χ3v) is 5.03. The molecule has 0 aliphatic heterocycles. The van der Waals surface area contributed by atoms with Gasteiger partial charge >= 0.3 is 0 Å². The van der Waals surface area contributed by atoms with Crippen molar-refractivity contribution in [2.45, 2.75) is 13.8 Å². The van der Waals surface area contributed by atoms with E-state index in [1.54, 1.807) is 25.3 Å². The Morgan fingerprint density at radius 3 is 2.65 bits per heavy atom. The van der Waals surface area contributed by atoms with Crippen LogP contribution in [0.25, 0.3) is 10.2 Å². The molecule has 1 amide bonds. The van der Waals surface area contributed by atoms with Gasteiger partial charge < -0.3 is 9.30 Å². The number of nitrogens with zero attached hydrogens (tertiary/aromatic N) is 2. The summed E-state index contributed by atoms with van der Waals surface area (Å²) in [7, 11) is 3.52. The van der Waals surface area contributed by atoms with E-state index in [0.717, 1.165) is 10.2 Å². The van der Waals surface area contributed by atoms with Crippen LogP contribution in [0, 0.1) is 13.8 Å². The number of amides is 1. The fourth-order valence-corrected chi connectivity index (χ4v) is 3.49. The predicted octanol–water partition coefficient (Wildman–Crippen LogP) is 3.61. The summed E-state index contributed by atoms with van der Waals surface area (Å²) in [5.41, 5.74) is 4.09. The van der Waals surface area contributed by atoms with Crippen molar-refractivity contribution >= 4 is 27.5 Å². The first-order valence-electron chi connectivity index (χ1n) is 7.29. The second-order valence-corrected chi connectivity index (χ2v) is 6.51. The Labute approximate surface area is 138 Å². The van der Waals surface area contributed by atoms with Crippen molar-refractivity contribution in [3.8, 4) is 5.75 Å². The Bertz CT molecular complexity index is 967. The summed E-state index contributed by atoms with van der Waals surface area (Å²) in [5, 5.41) is 0. The molecule has 1 aromatic heterocycles. The van der Waals surface area contributed by atoms with Gasteiger partial charge in [-0.1, -0.05) is 17.4 Å². The van der Waals surface area contributed by atoms with Crippen LogP contribution >= 0.6 is 11.3 Å². The first-order chi connectivity index (χ1) is 11.0. The minimum Gasteiger partial charge on any atom is -0.497 e. The highest BCUT2D eigenvalue weighted by molar-refractivity contribution is 7.16. The number of carbonyl (C=O) groups excluding carboxylic acids is 1. The van der Waals surface area contributed by atoms with Gasteiger partial charge in [0, 0.05) is 12.6 Å². The SMILES string of the molecule is COc1cccc(C(=O)N=c2sc3cc(C)c(C)cc3n2C)c1. The number of rotatable bonds is 2. The predicted molar refractivity (Wildman–Crippen MR) is 93.2 cm³/mol. The normalized spacial score (nSPS) is 11.9. The standard InChI is InChI=1S/C18H18N2O2S/c1-11-8-15-16(9-12(11)2)23-18(20(15)3)19-17(21)13-6-5-7-14(10-13)22-4/h5-10H,1-4H3. The van der Waals surface area contributed by atoms with Crippen LogP contribution in [0.4, 0.5) is 0 Å². The van der Waals surface area contributed by atoms with Crippen molar-refractivity contribution in [3.63, 3.8) is 0 Å². The smallest absolute Gasteiger partial charge is 0.279 e. The van der Waals surface area contributed by atoms with Gasteiger partial charge in [0.2, 0.25) is 0 Å². The van der Waals surface area contributed by atoms with E-state index in [9.17, 15) is 4.79 Å². The molecule has 0 bridgehead atoms. The molecule has 3 rings (SSSR count). The van der Waals surface area contributed by atoms with Crippen molar-refractivity contribution in [1.82, 2.24) is 4.57 Å². The molecule has 0 aliphatic carbocycles. The molecule has 118 valence electrons. The molecule has 23 heavy (non-hydrogen) atoms. The summed E-state index contributed by atoms with van der Waals surface area (Å²) in [6, 6.07) is 11.3. The van der Waals surface area contributed by atoms with Gasteiger partial charge in [-0.25, -0.2) is 0 Å². The Kier molecular flexibility index (Phi) is 4.05. The van der Waals surface area contributed by atoms with Gasteiger partial charge in [0.05, 0.1) is 17.3 Å². The van der Waals surface area contributed by atoms with Crippen LogP contribution in [0.1, 0.15) is 21.5 Å². The number of thiazole rings is 1. The average molecular weight is 326 g/mol. The van der Waals surface area contributed by atoms with E-state index >= 15 is 0 Å². The maximum atomic E-state index is 12.4. The van der Waals surface area contributed by atoms with Crippen LogP contribution in [0.15, 0.2) is 41.4 Å². The van der Waals surface area contributed by atoms with Gasteiger partial charge in [0.15, 0.2) is 4.80 Å². The van der Waals surface area contributed by atoms with E-state index in [-0.39, 0.29) is 5.91 Å². The Morgan fingerprint density at radius 2 is 1.91 bits per heavy atom. The fourth-order valence-electron chi connectivity index (χ4n) is 2.39. The molecule has 0 spiro atoms. The zero-order valence-corrected chi connectivity index (χ0v) is 14.4. The lowest BCUT2D eigenvalue weighted by Gasteiger charge is -2.01. The number of hydrogen-bond acceptors (Lipinski definition) is 3. The van der Waals surface area contributed by atoms with E-state index < -0.39 is 0 Å². The molecular formula is C18H18N2O2S. The topological polar surface area (TPSA) is 43.6 Å². The molecule has 3 aromatic rings. The molecule has 0 radical (unpaired) electrons. The molecular weight excluding hydrogens is 308 g/mol. The van der Waals surface area contributed by atoms with Crippen LogP contribution in [-0.2, 0) is 7.05 Å². The Balaban J connectivity index is 2.10. The van der Waals surface area contributed by atoms with E-state index in [0.29, 0.717) is 16.1 Å². The van der Waals surface area contributed by atoms with Gasteiger partial charge in [0.1, 0.15) is 5.75 Å². The molecule has 0 unspecified atom stereocenters. The zero-order valence-electron chi connectivity index (χ0n) is 13.6. The quantitative estimate of drug-likeness (QED) is 0.722. The summed E-state index contributed by atoms with van der Waals surface area (Å²) >= 11 is 1.52. The molecule has 0 saturated carbocycles. The molecule has 0 saturated heterocycles. The second kappa shape index (κ2) is 6.01. The molecule has 1 heterocycles. The lowest BCUT2D eigenvalue weighted by molar-refractivity contribution is 0.0997. The molecule has 0 atom stereocenters. The van der Waals surface area contributed by atoms with Crippen molar-refractivity contribution < 1.29 is 9.53 Å². The van der Waals surface area contributed by atoms with Crippen molar-refractivity contribution in [2.24, 2.45) is 12.0 Å². The minimum atomic E-state index is -0.264. The van der Waals surface area contributed by atoms with E-state index in [1.807, 2.05) is 17.7 Å². The third-order valence-electron chi connectivity index (χ3n) is 3.94. The van der Waals surface area contributed by atoms with Gasteiger partial charge in [0.25, 0.3) is 5.91 Å². The maximum Gasteiger partial charge on any atom is 0.279 e. The van der Waals surface area contributed by atoms with Gasteiger partial charge in [-0.15, -0.1) is 0 Å². The van der Waals surface area contributed by atoms with Crippen LogP contribution in [0.2, 0.25) is 0 Å². The molecule has 0 aliphatic rings. The van der Waals surface area contributed by atoms with Crippen LogP contribution in [-0.4, -0.2) is 17.6 Å². The van der Waals surface area contributed by atoms with Crippen molar-refractivity contribution in [2.75, 3.05) is 7.11 Å². The molecule has 5 heteroatoms. The van der Waals surface area contributed by atoms with E-state index in [1.165, 1.54) is 22.5 Å². The van der Waals surface area contributed by atoms with Crippen molar-refractivity contribution in [3.05, 3.63) is 57.9 Å². The summed E-state index contributed by atoms with van der Waals surface area (Å²) in [6.07, 6.45) is 0. The van der Waals surface area contributed by atoms with Gasteiger partial charge in [-0.2, -0.15) is 4.99 Å². The highest BCUT2D eigenvalue weighted by Crippen LogP contribution is 2.21. The maximum absolute atomic E-state index is 12.4. The fraction of sp³-hybridized carbons (Fsp3) is 0.222. The summed E-state index contributed by atoms with van der Waals surface area (Å²) in [5.74, 6) is 0.387.